The van der Waals surface area contributed by atoms with Crippen molar-refractivity contribution in [2.45, 2.75) is 26.4 Å². The van der Waals surface area contributed by atoms with Gasteiger partial charge in [-0.05, 0) is 32.0 Å². The molecule has 0 bridgehead atoms. The van der Waals surface area contributed by atoms with E-state index in [-0.39, 0.29) is 18.0 Å². The highest BCUT2D eigenvalue weighted by molar-refractivity contribution is 5.84. The van der Waals surface area contributed by atoms with Crippen LogP contribution in [-0.2, 0) is 11.3 Å². The Morgan fingerprint density at radius 2 is 1.86 bits per heavy atom. The van der Waals surface area contributed by atoms with Crippen LogP contribution < -0.4 is 5.32 Å². The summed E-state index contributed by atoms with van der Waals surface area (Å²) < 4.78 is 29.7. The SMILES string of the molecule is Cc1nn(-c2ccccc2)c(C)c1C1C(=O)NCCN1Cc1cccc(F)c1F. The average Bonchev–Trinajstić information content (AvgIpc) is 3.01. The number of carbonyl (C=O) groups is 1. The van der Waals surface area contributed by atoms with Crippen molar-refractivity contribution in [3.05, 3.63) is 82.7 Å². The van der Waals surface area contributed by atoms with Gasteiger partial charge < -0.3 is 5.32 Å². The Morgan fingerprint density at radius 3 is 2.62 bits per heavy atom. The second-order valence-electron chi connectivity index (χ2n) is 7.21. The third kappa shape index (κ3) is 3.53. The number of piperazine rings is 1. The molecule has 0 aliphatic carbocycles. The van der Waals surface area contributed by atoms with Gasteiger partial charge in [-0.25, -0.2) is 13.5 Å². The van der Waals surface area contributed by atoms with Gasteiger partial charge in [-0.2, -0.15) is 5.10 Å². The Balaban J connectivity index is 1.74. The maximum absolute atomic E-state index is 14.2. The molecule has 150 valence electrons. The number of carbonyl (C=O) groups excluding carboxylic acids is 1. The van der Waals surface area contributed by atoms with Crippen LogP contribution >= 0.6 is 0 Å². The van der Waals surface area contributed by atoms with Crippen LogP contribution in [0.1, 0.15) is 28.6 Å². The van der Waals surface area contributed by atoms with E-state index in [1.54, 1.807) is 6.07 Å². The van der Waals surface area contributed by atoms with Crippen LogP contribution in [0, 0.1) is 25.5 Å². The monoisotopic (exact) mass is 396 g/mol. The summed E-state index contributed by atoms with van der Waals surface area (Å²) in [5.74, 6) is -1.91. The Hall–Kier alpha value is -3.06. The Labute approximate surface area is 168 Å². The molecule has 1 fully saturated rings. The lowest BCUT2D eigenvalue weighted by molar-refractivity contribution is -0.129. The molecule has 4 rings (SSSR count). The predicted octanol–water partition coefficient (Wildman–Crippen LogP) is 3.44. The minimum absolute atomic E-state index is 0.136. The molecule has 1 N–H and O–H groups in total. The molecule has 1 atom stereocenters. The van der Waals surface area contributed by atoms with Crippen molar-refractivity contribution in [2.75, 3.05) is 13.1 Å². The molecule has 0 saturated carbocycles. The zero-order chi connectivity index (χ0) is 20.5. The lowest BCUT2D eigenvalue weighted by atomic mass is 9.99. The molecule has 0 spiro atoms. The van der Waals surface area contributed by atoms with Crippen molar-refractivity contribution in [1.82, 2.24) is 20.0 Å². The molecule has 7 heteroatoms. The first-order valence-electron chi connectivity index (χ1n) is 9.53. The lowest BCUT2D eigenvalue weighted by Crippen LogP contribution is -2.49. The van der Waals surface area contributed by atoms with Gasteiger partial charge in [0.1, 0.15) is 6.04 Å². The zero-order valence-corrected chi connectivity index (χ0v) is 16.3. The molecule has 1 aliphatic rings. The first-order valence-corrected chi connectivity index (χ1v) is 9.53. The summed E-state index contributed by atoms with van der Waals surface area (Å²) in [6, 6.07) is 13.2. The van der Waals surface area contributed by atoms with Crippen LogP contribution in [-0.4, -0.2) is 33.7 Å². The number of hydrogen-bond donors (Lipinski definition) is 1. The molecule has 0 radical (unpaired) electrons. The van der Waals surface area contributed by atoms with E-state index in [4.69, 9.17) is 0 Å². The number of rotatable bonds is 4. The van der Waals surface area contributed by atoms with E-state index in [9.17, 15) is 13.6 Å². The smallest absolute Gasteiger partial charge is 0.242 e. The van der Waals surface area contributed by atoms with Crippen molar-refractivity contribution in [1.29, 1.82) is 0 Å². The van der Waals surface area contributed by atoms with Crippen molar-refractivity contribution in [2.24, 2.45) is 0 Å². The summed E-state index contributed by atoms with van der Waals surface area (Å²) in [6.45, 7) is 4.91. The van der Waals surface area contributed by atoms with Crippen LogP contribution in [0.3, 0.4) is 0 Å². The number of halogens is 2. The minimum Gasteiger partial charge on any atom is -0.353 e. The molecule has 2 aromatic carbocycles. The van der Waals surface area contributed by atoms with Gasteiger partial charge in [0.2, 0.25) is 5.91 Å². The molecule has 1 aliphatic heterocycles. The quantitative estimate of drug-likeness (QED) is 0.735. The summed E-state index contributed by atoms with van der Waals surface area (Å²) in [4.78, 5) is 14.7. The summed E-state index contributed by atoms with van der Waals surface area (Å²) in [6.07, 6.45) is 0. The van der Waals surface area contributed by atoms with Gasteiger partial charge in [-0.15, -0.1) is 0 Å². The van der Waals surface area contributed by atoms with E-state index in [0.717, 1.165) is 28.7 Å². The second kappa shape index (κ2) is 7.75. The number of nitrogens with zero attached hydrogens (tertiary/aromatic N) is 3. The second-order valence-corrected chi connectivity index (χ2v) is 7.21. The summed E-state index contributed by atoms with van der Waals surface area (Å²) in [5.41, 5.74) is 3.51. The standard InChI is InChI=1S/C22H22F2N4O/c1-14-19(15(2)28(26-14)17-8-4-3-5-9-17)21-22(29)25-11-12-27(21)13-16-7-6-10-18(23)20(16)24/h3-10,21H,11-13H2,1-2H3,(H,25,29). The highest BCUT2D eigenvalue weighted by Gasteiger charge is 2.35. The van der Waals surface area contributed by atoms with Crippen molar-refractivity contribution < 1.29 is 13.6 Å². The third-order valence-electron chi connectivity index (χ3n) is 5.34. The molecule has 29 heavy (non-hydrogen) atoms. The fourth-order valence-electron chi connectivity index (χ4n) is 3.96. The molecule has 1 saturated heterocycles. The van der Waals surface area contributed by atoms with Gasteiger partial charge in [0, 0.05) is 36.5 Å². The summed E-state index contributed by atoms with van der Waals surface area (Å²) in [5, 5.41) is 7.53. The number of aryl methyl sites for hydroxylation is 1. The third-order valence-corrected chi connectivity index (χ3v) is 5.34. The van der Waals surface area contributed by atoms with Gasteiger partial charge in [0.15, 0.2) is 11.6 Å². The maximum Gasteiger partial charge on any atom is 0.242 e. The molecule has 5 nitrogen and oxygen atoms in total. The zero-order valence-electron chi connectivity index (χ0n) is 16.3. The molecular formula is C22H22F2N4O. The molecule has 1 amide bonds. The van der Waals surface area contributed by atoms with E-state index in [2.05, 4.69) is 10.4 Å². The van der Waals surface area contributed by atoms with E-state index in [1.165, 1.54) is 6.07 Å². The highest BCUT2D eigenvalue weighted by atomic mass is 19.2. The maximum atomic E-state index is 14.2. The average molecular weight is 396 g/mol. The molecule has 1 unspecified atom stereocenters. The van der Waals surface area contributed by atoms with Gasteiger partial charge >= 0.3 is 0 Å². The number of para-hydroxylation sites is 1. The number of benzene rings is 2. The predicted molar refractivity (Wildman–Crippen MR) is 106 cm³/mol. The number of amides is 1. The number of hydrogen-bond acceptors (Lipinski definition) is 3. The topological polar surface area (TPSA) is 50.2 Å². The molecular weight excluding hydrogens is 374 g/mol. The first-order chi connectivity index (χ1) is 14.0. The Kier molecular flexibility index (Phi) is 5.15. The summed E-state index contributed by atoms with van der Waals surface area (Å²) in [7, 11) is 0. The van der Waals surface area contributed by atoms with Crippen molar-refractivity contribution >= 4 is 5.91 Å². The molecule has 3 aromatic rings. The van der Waals surface area contributed by atoms with Crippen LogP contribution in [0.15, 0.2) is 48.5 Å². The van der Waals surface area contributed by atoms with Gasteiger partial charge in [0.05, 0.1) is 11.4 Å². The summed E-state index contributed by atoms with van der Waals surface area (Å²) >= 11 is 0. The van der Waals surface area contributed by atoms with E-state index < -0.39 is 17.7 Å². The molecule has 1 aromatic heterocycles. The van der Waals surface area contributed by atoms with E-state index in [1.807, 2.05) is 53.8 Å². The Morgan fingerprint density at radius 1 is 1.10 bits per heavy atom. The van der Waals surface area contributed by atoms with Gasteiger partial charge in [0.25, 0.3) is 0 Å². The number of nitrogens with one attached hydrogen (secondary N) is 1. The normalized spacial score (nSPS) is 17.4. The van der Waals surface area contributed by atoms with E-state index >= 15 is 0 Å². The van der Waals surface area contributed by atoms with Crippen LogP contribution in [0.5, 0.6) is 0 Å². The van der Waals surface area contributed by atoms with Crippen LogP contribution in [0.25, 0.3) is 5.69 Å². The minimum atomic E-state index is -0.884. The highest BCUT2D eigenvalue weighted by Crippen LogP contribution is 2.31. The van der Waals surface area contributed by atoms with Crippen LogP contribution in [0.2, 0.25) is 0 Å². The fraction of sp³-hybridized carbons (Fsp3) is 0.273. The fourth-order valence-corrected chi connectivity index (χ4v) is 3.96. The van der Waals surface area contributed by atoms with E-state index in [0.29, 0.717) is 13.1 Å². The van der Waals surface area contributed by atoms with Gasteiger partial charge in [-0.3, -0.25) is 9.69 Å². The largest absolute Gasteiger partial charge is 0.353 e. The first kappa shape index (κ1) is 19.3. The van der Waals surface area contributed by atoms with Crippen LogP contribution in [0.4, 0.5) is 8.78 Å². The molecule has 2 heterocycles. The van der Waals surface area contributed by atoms with Gasteiger partial charge in [-0.1, -0.05) is 30.3 Å². The van der Waals surface area contributed by atoms with Crippen molar-refractivity contribution in [3.63, 3.8) is 0 Å². The van der Waals surface area contributed by atoms with Crippen molar-refractivity contribution in [3.8, 4) is 5.69 Å². The number of aromatic nitrogens is 2. The Bertz CT molecular complexity index is 1050. The lowest BCUT2D eigenvalue weighted by Gasteiger charge is -2.35.